The van der Waals surface area contributed by atoms with Crippen LogP contribution in [-0.4, -0.2) is 47.0 Å². The number of hydrogen-bond acceptors (Lipinski definition) is 5. The second-order valence-electron chi connectivity index (χ2n) is 11.1. The first-order chi connectivity index (χ1) is 21.2. The van der Waals surface area contributed by atoms with Crippen LogP contribution in [0.1, 0.15) is 44.3 Å². The molecule has 0 unspecified atom stereocenters. The first-order valence-electron chi connectivity index (χ1n) is 14.7. The summed E-state index contributed by atoms with van der Waals surface area (Å²) >= 11 is 0. The van der Waals surface area contributed by atoms with Crippen molar-refractivity contribution in [1.82, 2.24) is 14.8 Å². The molecule has 2 aliphatic rings. The number of amides is 1. The summed E-state index contributed by atoms with van der Waals surface area (Å²) in [5.41, 5.74) is 6.37. The Morgan fingerprint density at radius 2 is 1.49 bits per heavy atom. The maximum atomic E-state index is 14.2. The Morgan fingerprint density at radius 3 is 2.16 bits per heavy atom. The van der Waals surface area contributed by atoms with Gasteiger partial charge in [-0.15, -0.1) is 0 Å². The molecule has 216 valence electrons. The number of benzene rings is 4. The van der Waals surface area contributed by atoms with Crippen molar-refractivity contribution in [1.29, 1.82) is 0 Å². The Labute approximate surface area is 250 Å². The van der Waals surface area contributed by atoms with Gasteiger partial charge in [0, 0.05) is 49.9 Å². The summed E-state index contributed by atoms with van der Waals surface area (Å²) in [6.07, 6.45) is 1.39. The predicted octanol–water partition coefficient (Wildman–Crippen LogP) is 6.53. The standard InChI is InChI=1S/C36H32FN3O3/c37-28-15-13-25(14-16-28)22-39-23-30-31(24-39)35(43-34(26-8-3-1-4-9-26)27-10-5-2-6-11-27)33-29(12-7-17-38-33)32(30)36(41)40-18-20-42-21-19-40/h1-17,34H,18-24H2. The number of pyridine rings is 1. The second kappa shape index (κ2) is 12.0. The average Bonchev–Trinajstić information content (AvgIpc) is 3.48. The zero-order valence-electron chi connectivity index (χ0n) is 23.8. The van der Waals surface area contributed by atoms with Gasteiger partial charge in [0.1, 0.15) is 17.4 Å². The van der Waals surface area contributed by atoms with Crippen molar-refractivity contribution in [3.05, 3.63) is 142 Å². The Bertz CT molecular complexity index is 1700. The van der Waals surface area contributed by atoms with E-state index in [-0.39, 0.29) is 17.8 Å². The molecule has 0 N–H and O–H groups in total. The van der Waals surface area contributed by atoms with E-state index in [0.717, 1.165) is 33.2 Å². The molecule has 1 amide bonds. The lowest BCUT2D eigenvalue weighted by Gasteiger charge is -2.29. The molecule has 0 bridgehead atoms. The highest BCUT2D eigenvalue weighted by molar-refractivity contribution is 6.10. The summed E-state index contributed by atoms with van der Waals surface area (Å²) in [6, 6.07) is 30.8. The van der Waals surface area contributed by atoms with Crippen molar-refractivity contribution in [3.63, 3.8) is 0 Å². The average molecular weight is 574 g/mol. The molecule has 0 atom stereocenters. The van der Waals surface area contributed by atoms with Crippen LogP contribution in [0.5, 0.6) is 5.75 Å². The molecular formula is C36H32FN3O3. The summed E-state index contributed by atoms with van der Waals surface area (Å²) in [7, 11) is 0. The number of halogens is 1. The topological polar surface area (TPSA) is 54.9 Å². The molecule has 0 aliphatic carbocycles. The van der Waals surface area contributed by atoms with Gasteiger partial charge >= 0.3 is 0 Å². The van der Waals surface area contributed by atoms with Crippen molar-refractivity contribution >= 4 is 16.8 Å². The zero-order valence-corrected chi connectivity index (χ0v) is 23.8. The third-order valence-corrected chi connectivity index (χ3v) is 8.27. The van der Waals surface area contributed by atoms with Crippen LogP contribution in [0.2, 0.25) is 0 Å². The van der Waals surface area contributed by atoms with Crippen molar-refractivity contribution in [3.8, 4) is 5.75 Å². The Balaban J connectivity index is 1.37. The van der Waals surface area contributed by atoms with E-state index in [0.29, 0.717) is 62.8 Å². The molecule has 43 heavy (non-hydrogen) atoms. The van der Waals surface area contributed by atoms with Gasteiger partial charge in [-0.3, -0.25) is 14.7 Å². The summed E-state index contributed by atoms with van der Waals surface area (Å²) in [5, 5.41) is 0.788. The van der Waals surface area contributed by atoms with E-state index in [1.54, 1.807) is 6.20 Å². The third-order valence-electron chi connectivity index (χ3n) is 8.27. The minimum absolute atomic E-state index is 0.00426. The highest BCUT2D eigenvalue weighted by Crippen LogP contribution is 2.43. The lowest BCUT2D eigenvalue weighted by atomic mass is 9.95. The first kappa shape index (κ1) is 27.3. The minimum Gasteiger partial charge on any atom is -0.478 e. The molecule has 3 heterocycles. The van der Waals surface area contributed by atoms with E-state index >= 15 is 0 Å². The van der Waals surface area contributed by atoms with Crippen molar-refractivity contribution in [2.75, 3.05) is 26.3 Å². The van der Waals surface area contributed by atoms with Crippen molar-refractivity contribution in [2.45, 2.75) is 25.7 Å². The molecule has 6 nitrogen and oxygen atoms in total. The van der Waals surface area contributed by atoms with Gasteiger partial charge < -0.3 is 14.4 Å². The van der Waals surface area contributed by atoms with Crippen LogP contribution in [0, 0.1) is 5.82 Å². The van der Waals surface area contributed by atoms with E-state index < -0.39 is 0 Å². The van der Waals surface area contributed by atoms with Gasteiger partial charge in [0.15, 0.2) is 5.75 Å². The highest BCUT2D eigenvalue weighted by Gasteiger charge is 2.34. The fraction of sp³-hybridized carbons (Fsp3) is 0.222. The maximum Gasteiger partial charge on any atom is 0.255 e. The van der Waals surface area contributed by atoms with Crippen LogP contribution in [-0.2, 0) is 24.4 Å². The van der Waals surface area contributed by atoms with Crippen LogP contribution in [0.3, 0.4) is 0 Å². The number of fused-ring (bicyclic) bond motifs is 2. The van der Waals surface area contributed by atoms with Crippen LogP contribution in [0.25, 0.3) is 10.9 Å². The molecule has 1 aromatic heterocycles. The van der Waals surface area contributed by atoms with E-state index in [1.165, 1.54) is 12.1 Å². The van der Waals surface area contributed by atoms with Gasteiger partial charge in [-0.2, -0.15) is 0 Å². The Morgan fingerprint density at radius 1 is 0.837 bits per heavy atom. The van der Waals surface area contributed by atoms with Crippen LogP contribution in [0.4, 0.5) is 4.39 Å². The third kappa shape index (κ3) is 5.49. The highest BCUT2D eigenvalue weighted by atomic mass is 19.1. The summed E-state index contributed by atoms with van der Waals surface area (Å²) in [4.78, 5) is 23.2. The van der Waals surface area contributed by atoms with Crippen LogP contribution in [0.15, 0.2) is 103 Å². The number of hydrogen-bond donors (Lipinski definition) is 0. The van der Waals surface area contributed by atoms with Crippen molar-refractivity contribution < 1.29 is 18.7 Å². The van der Waals surface area contributed by atoms with E-state index in [9.17, 15) is 9.18 Å². The van der Waals surface area contributed by atoms with Gasteiger partial charge in [-0.05, 0) is 40.5 Å². The fourth-order valence-corrected chi connectivity index (χ4v) is 6.18. The minimum atomic E-state index is -0.372. The quantitative estimate of drug-likeness (QED) is 0.222. The van der Waals surface area contributed by atoms with E-state index in [2.05, 4.69) is 29.2 Å². The number of ether oxygens (including phenoxy) is 2. The largest absolute Gasteiger partial charge is 0.478 e. The van der Waals surface area contributed by atoms with Gasteiger partial charge in [0.2, 0.25) is 0 Å². The number of carbonyl (C=O) groups excluding carboxylic acids is 1. The number of nitrogens with zero attached hydrogens (tertiary/aromatic N) is 3. The van der Waals surface area contributed by atoms with Gasteiger partial charge in [0.05, 0.1) is 18.8 Å². The molecule has 2 aliphatic heterocycles. The molecule has 0 saturated carbocycles. The maximum absolute atomic E-state index is 14.2. The number of aromatic nitrogens is 1. The van der Waals surface area contributed by atoms with Crippen molar-refractivity contribution in [2.24, 2.45) is 0 Å². The normalized spacial score (nSPS) is 15.2. The molecule has 4 aromatic carbocycles. The molecule has 7 heteroatoms. The van der Waals surface area contributed by atoms with Gasteiger partial charge in [-0.1, -0.05) is 78.9 Å². The summed E-state index contributed by atoms with van der Waals surface area (Å²) in [6.45, 7) is 3.92. The number of morpholine rings is 1. The molecule has 5 aromatic rings. The van der Waals surface area contributed by atoms with Crippen LogP contribution < -0.4 is 4.74 Å². The fourth-order valence-electron chi connectivity index (χ4n) is 6.18. The Kier molecular flexibility index (Phi) is 7.58. The lowest BCUT2D eigenvalue weighted by molar-refractivity contribution is 0.0303. The van der Waals surface area contributed by atoms with Gasteiger partial charge in [0.25, 0.3) is 5.91 Å². The molecule has 1 fully saturated rings. The summed E-state index contributed by atoms with van der Waals surface area (Å²) in [5.74, 6) is 0.437. The van der Waals surface area contributed by atoms with Gasteiger partial charge in [-0.25, -0.2) is 4.39 Å². The Hall–Kier alpha value is -4.59. The van der Waals surface area contributed by atoms with E-state index in [1.807, 2.05) is 65.6 Å². The molecule has 0 spiro atoms. The predicted molar refractivity (Wildman–Crippen MR) is 163 cm³/mol. The monoisotopic (exact) mass is 573 g/mol. The second-order valence-corrected chi connectivity index (χ2v) is 11.1. The zero-order chi connectivity index (χ0) is 29.2. The molecular weight excluding hydrogens is 541 g/mol. The smallest absolute Gasteiger partial charge is 0.255 e. The number of carbonyl (C=O) groups is 1. The summed E-state index contributed by atoms with van der Waals surface area (Å²) < 4.78 is 26.3. The van der Waals surface area contributed by atoms with E-state index in [4.69, 9.17) is 14.5 Å². The van der Waals surface area contributed by atoms with Crippen LogP contribution >= 0.6 is 0 Å². The molecule has 1 saturated heterocycles. The SMILES string of the molecule is O=C(c1c2c(c(OC(c3ccccc3)c3ccccc3)c3ncccc13)CN(Cc1ccc(F)cc1)C2)N1CCOCC1. The lowest BCUT2D eigenvalue weighted by Crippen LogP contribution is -2.41. The first-order valence-corrected chi connectivity index (χ1v) is 14.7. The molecule has 7 rings (SSSR count). The molecule has 0 radical (unpaired) electrons. The number of rotatable bonds is 7.